The first-order chi connectivity index (χ1) is 5.51. The Bertz CT molecular complexity index is 162. The number of hydrogen-bond donors (Lipinski definition) is 5. The highest BCUT2D eigenvalue weighted by molar-refractivity contribution is 4.94. The summed E-state index contributed by atoms with van der Waals surface area (Å²) in [5.74, 6) is 0. The Hall–Kier alpha value is -0.240. The maximum atomic E-state index is 9.34. The van der Waals surface area contributed by atoms with Crippen molar-refractivity contribution >= 4 is 0 Å². The van der Waals surface area contributed by atoms with Crippen molar-refractivity contribution in [3.63, 3.8) is 0 Å². The largest absolute Gasteiger partial charge is 0.393 e. The summed E-state index contributed by atoms with van der Waals surface area (Å²) in [5.41, 5.74) is -1.89. The van der Waals surface area contributed by atoms with Crippen molar-refractivity contribution in [3.05, 3.63) is 0 Å². The van der Waals surface area contributed by atoms with E-state index in [0.29, 0.717) is 0 Å². The second kappa shape index (κ2) is 3.25. The summed E-state index contributed by atoms with van der Waals surface area (Å²) in [4.78, 5) is 0. The van der Waals surface area contributed by atoms with E-state index in [1.54, 1.807) is 0 Å². The van der Waals surface area contributed by atoms with Gasteiger partial charge in [-0.3, -0.25) is 0 Å². The molecule has 1 aliphatic heterocycles. The number of rotatable bonds is 1. The van der Waals surface area contributed by atoms with Crippen LogP contribution in [-0.4, -0.2) is 62.8 Å². The monoisotopic (exact) mass is 180 g/mol. The zero-order valence-electron chi connectivity index (χ0n) is 6.29. The first-order valence-electron chi connectivity index (χ1n) is 3.50. The van der Waals surface area contributed by atoms with Gasteiger partial charge in [-0.05, 0) is 0 Å². The highest BCUT2D eigenvalue weighted by Gasteiger charge is 2.47. The molecule has 6 heteroatoms. The van der Waals surface area contributed by atoms with Gasteiger partial charge in [-0.2, -0.15) is 0 Å². The lowest BCUT2D eigenvalue weighted by Crippen LogP contribution is -2.62. The molecule has 5 N–H and O–H groups in total. The Kier molecular flexibility index (Phi) is 2.67. The first kappa shape index (κ1) is 9.85. The molecule has 0 amide bonds. The zero-order chi connectivity index (χ0) is 9.35. The van der Waals surface area contributed by atoms with Crippen LogP contribution < -0.4 is 0 Å². The summed E-state index contributed by atoms with van der Waals surface area (Å²) in [5, 5.41) is 45.0. The third-order valence-electron chi connectivity index (χ3n) is 1.94. The van der Waals surface area contributed by atoms with Gasteiger partial charge in [0, 0.05) is 0 Å². The van der Waals surface area contributed by atoms with E-state index in [1.165, 1.54) is 0 Å². The fraction of sp³-hybridized carbons (Fsp3) is 1.00. The maximum absolute atomic E-state index is 9.34. The number of aliphatic hydroxyl groups is 5. The second-order valence-electron chi connectivity index (χ2n) is 2.90. The van der Waals surface area contributed by atoms with Crippen molar-refractivity contribution in [2.75, 3.05) is 13.2 Å². The number of aliphatic hydroxyl groups excluding tert-OH is 4. The quantitative estimate of drug-likeness (QED) is 0.290. The van der Waals surface area contributed by atoms with Crippen LogP contribution in [-0.2, 0) is 4.74 Å². The minimum atomic E-state index is -1.89. The molecule has 0 unspecified atom stereocenters. The van der Waals surface area contributed by atoms with Crippen LogP contribution in [0.25, 0.3) is 0 Å². The highest BCUT2D eigenvalue weighted by Crippen LogP contribution is 2.22. The van der Waals surface area contributed by atoms with E-state index >= 15 is 0 Å². The topological polar surface area (TPSA) is 110 Å². The van der Waals surface area contributed by atoms with E-state index in [9.17, 15) is 5.11 Å². The Balaban J connectivity index is 2.71. The third kappa shape index (κ3) is 1.45. The Labute approximate surface area is 68.6 Å². The molecular weight excluding hydrogens is 168 g/mol. The predicted molar refractivity (Wildman–Crippen MR) is 36.0 cm³/mol. The molecule has 0 spiro atoms. The van der Waals surface area contributed by atoms with Crippen LogP contribution in [0.15, 0.2) is 0 Å². The van der Waals surface area contributed by atoms with Crippen LogP contribution in [0.2, 0.25) is 0 Å². The standard InChI is InChI=1S/C6H12O6/c7-1-6(11)2-12-5(10)3(8)4(6)9/h3-5,7-11H,1-2H2/t3-,4-,5+,6-/m1/s1. The van der Waals surface area contributed by atoms with Gasteiger partial charge in [0.1, 0.15) is 17.8 Å². The van der Waals surface area contributed by atoms with E-state index in [1.807, 2.05) is 0 Å². The average Bonchev–Trinajstić information content (AvgIpc) is 2.09. The molecule has 1 heterocycles. The Morgan fingerprint density at radius 1 is 1.33 bits per heavy atom. The summed E-state index contributed by atoms with van der Waals surface area (Å²) >= 11 is 0. The minimum absolute atomic E-state index is 0.414. The number of ether oxygens (including phenoxy) is 1. The van der Waals surface area contributed by atoms with Crippen LogP contribution in [0, 0.1) is 0 Å². The molecule has 0 aromatic heterocycles. The normalized spacial score (nSPS) is 49.2. The Morgan fingerprint density at radius 2 is 1.92 bits per heavy atom. The van der Waals surface area contributed by atoms with Crippen molar-refractivity contribution in [2.24, 2.45) is 0 Å². The third-order valence-corrected chi connectivity index (χ3v) is 1.94. The molecule has 1 fully saturated rings. The molecule has 6 nitrogen and oxygen atoms in total. The zero-order valence-corrected chi connectivity index (χ0v) is 6.29. The molecule has 0 aromatic rings. The van der Waals surface area contributed by atoms with Crippen molar-refractivity contribution in [1.29, 1.82) is 0 Å². The first-order valence-corrected chi connectivity index (χ1v) is 3.50. The molecule has 1 saturated heterocycles. The van der Waals surface area contributed by atoms with Gasteiger partial charge in [0.05, 0.1) is 13.2 Å². The van der Waals surface area contributed by atoms with Gasteiger partial charge < -0.3 is 30.3 Å². The molecule has 0 aliphatic carbocycles. The molecule has 72 valence electrons. The van der Waals surface area contributed by atoms with Gasteiger partial charge in [-0.1, -0.05) is 0 Å². The summed E-state index contributed by atoms with van der Waals surface area (Å²) in [6.45, 7) is -1.15. The molecule has 12 heavy (non-hydrogen) atoms. The van der Waals surface area contributed by atoms with Crippen LogP contribution >= 0.6 is 0 Å². The highest BCUT2D eigenvalue weighted by atomic mass is 16.6. The Morgan fingerprint density at radius 3 is 2.42 bits per heavy atom. The van der Waals surface area contributed by atoms with E-state index in [4.69, 9.17) is 20.4 Å². The number of hydrogen-bond acceptors (Lipinski definition) is 6. The van der Waals surface area contributed by atoms with Crippen LogP contribution in [0.5, 0.6) is 0 Å². The minimum Gasteiger partial charge on any atom is -0.393 e. The smallest absolute Gasteiger partial charge is 0.183 e. The maximum Gasteiger partial charge on any atom is 0.183 e. The lowest BCUT2D eigenvalue weighted by Gasteiger charge is -2.40. The molecule has 1 rings (SSSR count). The van der Waals surface area contributed by atoms with Gasteiger partial charge in [-0.25, -0.2) is 0 Å². The van der Waals surface area contributed by atoms with E-state index in [0.717, 1.165) is 0 Å². The van der Waals surface area contributed by atoms with Gasteiger partial charge in [-0.15, -0.1) is 0 Å². The van der Waals surface area contributed by atoms with Crippen LogP contribution in [0.3, 0.4) is 0 Å². The fourth-order valence-corrected chi connectivity index (χ4v) is 1.03. The lowest BCUT2D eigenvalue weighted by molar-refractivity contribution is -0.291. The predicted octanol–water partition coefficient (Wildman–Crippen LogP) is -3.22. The van der Waals surface area contributed by atoms with E-state index in [-0.39, 0.29) is 0 Å². The van der Waals surface area contributed by atoms with Crippen molar-refractivity contribution in [3.8, 4) is 0 Å². The van der Waals surface area contributed by atoms with Crippen LogP contribution in [0.1, 0.15) is 0 Å². The molecule has 4 atom stereocenters. The summed E-state index contributed by atoms with van der Waals surface area (Å²) in [6, 6.07) is 0. The van der Waals surface area contributed by atoms with Gasteiger partial charge in [0.2, 0.25) is 0 Å². The second-order valence-corrected chi connectivity index (χ2v) is 2.90. The lowest BCUT2D eigenvalue weighted by atomic mass is 9.91. The molecular formula is C6H12O6. The average molecular weight is 180 g/mol. The summed E-state index contributed by atoms with van der Waals surface area (Å²) < 4.78 is 4.50. The fourth-order valence-electron chi connectivity index (χ4n) is 1.03. The molecule has 0 aromatic carbocycles. The van der Waals surface area contributed by atoms with Gasteiger partial charge >= 0.3 is 0 Å². The van der Waals surface area contributed by atoms with Crippen LogP contribution in [0.4, 0.5) is 0 Å². The van der Waals surface area contributed by atoms with Gasteiger partial charge in [0.25, 0.3) is 0 Å². The molecule has 0 bridgehead atoms. The van der Waals surface area contributed by atoms with Crippen molar-refractivity contribution in [2.45, 2.75) is 24.1 Å². The van der Waals surface area contributed by atoms with E-state index < -0.39 is 37.3 Å². The summed E-state index contributed by atoms with van der Waals surface area (Å²) in [6.07, 6.45) is -4.73. The molecule has 0 saturated carbocycles. The van der Waals surface area contributed by atoms with Gasteiger partial charge in [0.15, 0.2) is 6.29 Å². The van der Waals surface area contributed by atoms with Crippen molar-refractivity contribution in [1.82, 2.24) is 0 Å². The summed E-state index contributed by atoms with van der Waals surface area (Å²) in [7, 11) is 0. The molecule has 0 radical (unpaired) electrons. The van der Waals surface area contributed by atoms with Crippen molar-refractivity contribution < 1.29 is 30.3 Å². The molecule has 1 aliphatic rings. The SMILES string of the molecule is OC[C@@]1(O)CO[C@H](O)[C@H](O)[C@H]1O. The van der Waals surface area contributed by atoms with E-state index in [2.05, 4.69) is 4.74 Å².